The van der Waals surface area contributed by atoms with E-state index in [1.807, 2.05) is 61.5 Å². The van der Waals surface area contributed by atoms with Gasteiger partial charge >= 0.3 is 0 Å². The third-order valence-electron chi connectivity index (χ3n) is 4.92. The Bertz CT molecular complexity index is 951. The molecule has 29 heavy (non-hydrogen) atoms. The number of hydrogen-bond donors (Lipinski definition) is 1. The van der Waals surface area contributed by atoms with Crippen molar-refractivity contribution in [2.45, 2.75) is 25.9 Å². The van der Waals surface area contributed by atoms with E-state index in [0.29, 0.717) is 30.1 Å². The van der Waals surface area contributed by atoms with Gasteiger partial charge in [-0.3, -0.25) is 0 Å². The van der Waals surface area contributed by atoms with Gasteiger partial charge in [0.25, 0.3) is 0 Å². The molecular weight excluding hydrogens is 364 g/mol. The van der Waals surface area contributed by atoms with Gasteiger partial charge in [0.05, 0.1) is 27.4 Å². The zero-order chi connectivity index (χ0) is 20.8. The quantitative estimate of drug-likeness (QED) is 0.608. The second-order valence-electron chi connectivity index (χ2n) is 7.00. The lowest BCUT2D eigenvalue weighted by atomic mass is 9.92. The van der Waals surface area contributed by atoms with E-state index in [9.17, 15) is 5.11 Å². The SMILES string of the molecule is COc1cc(OC)c(-c2[c]c(C)ccc2CC(O)Cc2ccccc2)cc1OC. The topological polar surface area (TPSA) is 47.9 Å². The average Bonchev–Trinajstić information content (AvgIpc) is 2.74. The highest BCUT2D eigenvalue weighted by molar-refractivity contribution is 5.77. The smallest absolute Gasteiger partial charge is 0.164 e. The average molecular weight is 391 g/mol. The summed E-state index contributed by atoms with van der Waals surface area (Å²) in [4.78, 5) is 0. The minimum absolute atomic E-state index is 0.501. The standard InChI is InChI=1S/C25H27O4/c1-17-10-11-19(14-20(26)13-18-8-6-5-7-9-18)21(12-17)22-15-24(28-3)25(29-4)16-23(22)27-2/h5-11,15-16,20,26H,13-14H2,1-4H3. The molecule has 0 bridgehead atoms. The fraction of sp³-hybridized carbons (Fsp3) is 0.280. The van der Waals surface area contributed by atoms with Crippen molar-refractivity contribution in [2.75, 3.05) is 21.3 Å². The van der Waals surface area contributed by atoms with Crippen LogP contribution < -0.4 is 14.2 Å². The third kappa shape index (κ3) is 4.90. The summed E-state index contributed by atoms with van der Waals surface area (Å²) in [7, 11) is 4.84. The Balaban J connectivity index is 1.99. The highest BCUT2D eigenvalue weighted by Crippen LogP contribution is 2.41. The lowest BCUT2D eigenvalue weighted by Crippen LogP contribution is -2.14. The molecule has 4 nitrogen and oxygen atoms in total. The number of ether oxygens (including phenoxy) is 3. The van der Waals surface area contributed by atoms with E-state index >= 15 is 0 Å². The third-order valence-corrected chi connectivity index (χ3v) is 4.92. The zero-order valence-electron chi connectivity index (χ0n) is 17.4. The van der Waals surface area contributed by atoms with Gasteiger partial charge in [-0.2, -0.15) is 0 Å². The molecule has 0 aliphatic carbocycles. The summed E-state index contributed by atoms with van der Waals surface area (Å²) >= 11 is 0. The number of methoxy groups -OCH3 is 3. The maximum absolute atomic E-state index is 10.7. The van der Waals surface area contributed by atoms with Crippen molar-refractivity contribution in [3.05, 3.63) is 77.4 Å². The molecule has 4 heteroatoms. The van der Waals surface area contributed by atoms with E-state index in [-0.39, 0.29) is 0 Å². The molecule has 0 fully saturated rings. The van der Waals surface area contributed by atoms with E-state index in [1.165, 1.54) is 0 Å². The first-order chi connectivity index (χ1) is 14.0. The van der Waals surface area contributed by atoms with Crippen molar-refractivity contribution in [3.63, 3.8) is 0 Å². The Labute approximate surface area is 172 Å². The van der Waals surface area contributed by atoms with Crippen LogP contribution in [0.2, 0.25) is 0 Å². The van der Waals surface area contributed by atoms with Gasteiger partial charge in [-0.15, -0.1) is 0 Å². The minimum Gasteiger partial charge on any atom is -0.496 e. The van der Waals surface area contributed by atoms with Crippen LogP contribution in [0.3, 0.4) is 0 Å². The Hall–Kier alpha value is -2.98. The molecule has 1 radical (unpaired) electrons. The summed E-state index contributed by atoms with van der Waals surface area (Å²) in [6, 6.07) is 21.2. The molecule has 3 aromatic rings. The van der Waals surface area contributed by atoms with Crippen molar-refractivity contribution >= 4 is 0 Å². The van der Waals surface area contributed by atoms with E-state index in [4.69, 9.17) is 14.2 Å². The predicted octanol–water partition coefficient (Wildman–Crippen LogP) is 4.63. The molecule has 0 saturated carbocycles. The lowest BCUT2D eigenvalue weighted by molar-refractivity contribution is 0.175. The first-order valence-electron chi connectivity index (χ1n) is 9.59. The fourth-order valence-corrected chi connectivity index (χ4v) is 3.48. The van der Waals surface area contributed by atoms with Crippen molar-refractivity contribution in [2.24, 2.45) is 0 Å². The number of aryl methyl sites for hydroxylation is 1. The Morgan fingerprint density at radius 3 is 2.14 bits per heavy atom. The molecule has 151 valence electrons. The molecule has 0 aliphatic heterocycles. The number of hydrogen-bond acceptors (Lipinski definition) is 4. The summed E-state index contributed by atoms with van der Waals surface area (Å²) in [5, 5.41) is 10.7. The van der Waals surface area contributed by atoms with E-state index in [2.05, 4.69) is 6.07 Å². The number of aliphatic hydroxyl groups excluding tert-OH is 1. The van der Waals surface area contributed by atoms with E-state index in [0.717, 1.165) is 27.8 Å². The largest absolute Gasteiger partial charge is 0.496 e. The molecular formula is C25H27O4. The van der Waals surface area contributed by atoms with Crippen LogP contribution in [0.4, 0.5) is 0 Å². The number of rotatable bonds is 8. The molecule has 1 N–H and O–H groups in total. The van der Waals surface area contributed by atoms with Crippen LogP contribution in [0.1, 0.15) is 16.7 Å². The molecule has 1 unspecified atom stereocenters. The highest BCUT2D eigenvalue weighted by Gasteiger charge is 2.18. The van der Waals surface area contributed by atoms with Gasteiger partial charge in [-0.25, -0.2) is 0 Å². The number of aliphatic hydroxyl groups is 1. The van der Waals surface area contributed by atoms with Gasteiger partial charge in [-0.1, -0.05) is 42.5 Å². The monoisotopic (exact) mass is 391 g/mol. The maximum atomic E-state index is 10.7. The predicted molar refractivity (Wildman–Crippen MR) is 115 cm³/mol. The second-order valence-corrected chi connectivity index (χ2v) is 7.00. The first-order valence-corrected chi connectivity index (χ1v) is 9.59. The van der Waals surface area contributed by atoms with Crippen molar-refractivity contribution in [1.82, 2.24) is 0 Å². The molecule has 0 aromatic heterocycles. The first kappa shape index (κ1) is 20.7. The van der Waals surface area contributed by atoms with Gasteiger partial charge in [0.1, 0.15) is 5.75 Å². The lowest BCUT2D eigenvalue weighted by Gasteiger charge is -2.18. The van der Waals surface area contributed by atoms with Gasteiger partial charge in [0, 0.05) is 11.6 Å². The molecule has 0 aliphatic rings. The van der Waals surface area contributed by atoms with Crippen LogP contribution in [0, 0.1) is 13.0 Å². The van der Waals surface area contributed by atoms with Crippen LogP contribution in [-0.2, 0) is 12.8 Å². The van der Waals surface area contributed by atoms with E-state index < -0.39 is 6.10 Å². The Morgan fingerprint density at radius 2 is 1.48 bits per heavy atom. The molecule has 0 spiro atoms. The van der Waals surface area contributed by atoms with Crippen molar-refractivity contribution < 1.29 is 19.3 Å². The molecule has 1 atom stereocenters. The van der Waals surface area contributed by atoms with Crippen LogP contribution in [0.5, 0.6) is 17.2 Å². The molecule has 0 heterocycles. The summed E-state index contributed by atoms with van der Waals surface area (Å²) in [5.74, 6) is 1.89. The molecule has 0 saturated heterocycles. The van der Waals surface area contributed by atoms with Crippen LogP contribution >= 0.6 is 0 Å². The van der Waals surface area contributed by atoms with Gasteiger partial charge in [0.2, 0.25) is 0 Å². The van der Waals surface area contributed by atoms with Crippen LogP contribution in [-0.4, -0.2) is 32.5 Å². The maximum Gasteiger partial charge on any atom is 0.164 e. The van der Waals surface area contributed by atoms with Crippen molar-refractivity contribution in [1.29, 1.82) is 0 Å². The minimum atomic E-state index is -0.501. The van der Waals surface area contributed by atoms with Gasteiger partial charge < -0.3 is 19.3 Å². The summed E-state index contributed by atoms with van der Waals surface area (Å²) in [6.45, 7) is 2.00. The molecule has 3 aromatic carbocycles. The Morgan fingerprint density at radius 1 is 0.828 bits per heavy atom. The van der Waals surface area contributed by atoms with Crippen LogP contribution in [0.15, 0.2) is 54.6 Å². The summed E-state index contributed by atoms with van der Waals surface area (Å²) in [5.41, 5.74) is 4.88. The van der Waals surface area contributed by atoms with Gasteiger partial charge in [-0.05, 0) is 54.2 Å². The fourth-order valence-electron chi connectivity index (χ4n) is 3.48. The second kappa shape index (κ2) is 9.48. The normalized spacial score (nSPS) is 11.8. The number of benzene rings is 3. The Kier molecular flexibility index (Phi) is 6.78. The van der Waals surface area contributed by atoms with E-state index in [1.54, 1.807) is 21.3 Å². The van der Waals surface area contributed by atoms with Crippen molar-refractivity contribution in [3.8, 4) is 28.4 Å². The molecule has 0 amide bonds. The molecule has 3 rings (SSSR count). The van der Waals surface area contributed by atoms with Gasteiger partial charge in [0.15, 0.2) is 11.5 Å². The zero-order valence-corrected chi connectivity index (χ0v) is 17.4. The van der Waals surface area contributed by atoms with Crippen LogP contribution in [0.25, 0.3) is 11.1 Å². The summed E-state index contributed by atoms with van der Waals surface area (Å²) < 4.78 is 16.5. The highest BCUT2D eigenvalue weighted by atomic mass is 16.5. The summed E-state index contributed by atoms with van der Waals surface area (Å²) in [6.07, 6.45) is 0.605.